The van der Waals surface area contributed by atoms with Crippen molar-refractivity contribution >= 4 is 33.3 Å². The van der Waals surface area contributed by atoms with Crippen LogP contribution in [-0.2, 0) is 0 Å². The molecule has 0 amide bonds. The van der Waals surface area contributed by atoms with Gasteiger partial charge in [-0.3, -0.25) is 0 Å². The smallest absolute Gasteiger partial charge is 0.228 e. The molecule has 2 rings (SSSR count). The number of nitrogens with two attached hydrogens (primary N) is 1. The van der Waals surface area contributed by atoms with Crippen LogP contribution in [0.4, 0.5) is 5.82 Å². The second-order valence-corrected chi connectivity index (χ2v) is 5.74. The number of benzene rings is 1. The van der Waals surface area contributed by atoms with Crippen molar-refractivity contribution in [1.82, 2.24) is 9.97 Å². The van der Waals surface area contributed by atoms with Crippen molar-refractivity contribution in [2.75, 3.05) is 5.43 Å². The minimum absolute atomic E-state index is 0.145. The van der Waals surface area contributed by atoms with E-state index in [-0.39, 0.29) is 5.92 Å². The van der Waals surface area contributed by atoms with E-state index >= 15 is 0 Å². The average molecular weight is 358 g/mol. The SMILES string of the molecule is CC(C)c1c(NN)ncnc1Oc1ccc(Br)cc1Cl. The predicted molar refractivity (Wildman–Crippen MR) is 83.2 cm³/mol. The largest absolute Gasteiger partial charge is 0.437 e. The standard InChI is InChI=1S/C13H14BrClN4O/c1-7(2)11-12(19-16)17-6-18-13(11)20-10-4-3-8(14)5-9(10)15/h3-7H,16H2,1-2H3,(H,17,18,19). The van der Waals surface area contributed by atoms with Crippen LogP contribution in [0, 0.1) is 0 Å². The zero-order valence-corrected chi connectivity index (χ0v) is 13.4. The number of hydrazine groups is 1. The van der Waals surface area contributed by atoms with Crippen molar-refractivity contribution in [1.29, 1.82) is 0 Å². The van der Waals surface area contributed by atoms with E-state index in [1.807, 2.05) is 19.9 Å². The fourth-order valence-electron chi connectivity index (χ4n) is 1.76. The van der Waals surface area contributed by atoms with E-state index in [0.717, 1.165) is 10.0 Å². The Labute approximate surface area is 130 Å². The van der Waals surface area contributed by atoms with Crippen molar-refractivity contribution in [2.24, 2.45) is 5.84 Å². The summed E-state index contributed by atoms with van der Waals surface area (Å²) >= 11 is 9.50. The maximum Gasteiger partial charge on any atom is 0.228 e. The summed E-state index contributed by atoms with van der Waals surface area (Å²) in [5.41, 5.74) is 3.36. The molecule has 0 atom stereocenters. The minimum atomic E-state index is 0.145. The van der Waals surface area contributed by atoms with Crippen molar-refractivity contribution < 1.29 is 4.74 Å². The number of nitrogens with zero attached hydrogens (tertiary/aromatic N) is 2. The third-order valence-corrected chi connectivity index (χ3v) is 3.45. The Kier molecular flexibility index (Phi) is 4.80. The maximum atomic E-state index is 6.15. The zero-order valence-electron chi connectivity index (χ0n) is 11.0. The van der Waals surface area contributed by atoms with Gasteiger partial charge in [0.15, 0.2) is 5.82 Å². The van der Waals surface area contributed by atoms with Gasteiger partial charge in [-0.1, -0.05) is 41.4 Å². The fraction of sp³-hybridized carbons (Fsp3) is 0.231. The van der Waals surface area contributed by atoms with Crippen LogP contribution in [0.5, 0.6) is 11.6 Å². The summed E-state index contributed by atoms with van der Waals surface area (Å²) in [6.07, 6.45) is 1.39. The van der Waals surface area contributed by atoms with E-state index in [0.29, 0.717) is 22.5 Å². The average Bonchev–Trinajstić information content (AvgIpc) is 2.41. The highest BCUT2D eigenvalue weighted by Gasteiger charge is 2.17. The summed E-state index contributed by atoms with van der Waals surface area (Å²) in [4.78, 5) is 8.26. The Bertz CT molecular complexity index is 621. The molecule has 20 heavy (non-hydrogen) atoms. The van der Waals surface area contributed by atoms with Gasteiger partial charge in [0, 0.05) is 4.47 Å². The Morgan fingerprint density at radius 3 is 2.70 bits per heavy atom. The molecule has 0 aliphatic carbocycles. The van der Waals surface area contributed by atoms with Gasteiger partial charge in [0.25, 0.3) is 0 Å². The van der Waals surface area contributed by atoms with Gasteiger partial charge < -0.3 is 10.2 Å². The molecule has 5 nitrogen and oxygen atoms in total. The number of nitrogen functional groups attached to an aromatic ring is 1. The third kappa shape index (κ3) is 3.20. The normalized spacial score (nSPS) is 10.7. The van der Waals surface area contributed by atoms with E-state index in [1.165, 1.54) is 6.33 Å². The first-order valence-electron chi connectivity index (χ1n) is 5.97. The molecule has 0 aliphatic rings. The van der Waals surface area contributed by atoms with E-state index in [9.17, 15) is 0 Å². The van der Waals surface area contributed by atoms with Gasteiger partial charge in [0.05, 0.1) is 10.6 Å². The van der Waals surface area contributed by atoms with Gasteiger partial charge in [-0.15, -0.1) is 0 Å². The van der Waals surface area contributed by atoms with Crippen LogP contribution in [0.25, 0.3) is 0 Å². The van der Waals surface area contributed by atoms with E-state index in [1.54, 1.807) is 12.1 Å². The Balaban J connectivity index is 2.43. The van der Waals surface area contributed by atoms with Gasteiger partial charge in [0.2, 0.25) is 5.88 Å². The molecular formula is C13H14BrClN4O. The zero-order chi connectivity index (χ0) is 14.7. The van der Waals surface area contributed by atoms with Gasteiger partial charge in [-0.2, -0.15) is 0 Å². The number of nitrogens with one attached hydrogen (secondary N) is 1. The first-order valence-corrected chi connectivity index (χ1v) is 7.14. The van der Waals surface area contributed by atoms with Crippen LogP contribution >= 0.6 is 27.5 Å². The number of rotatable bonds is 4. The monoisotopic (exact) mass is 356 g/mol. The minimum Gasteiger partial charge on any atom is -0.437 e. The molecule has 0 spiro atoms. The van der Waals surface area contributed by atoms with Crippen LogP contribution < -0.4 is 16.0 Å². The van der Waals surface area contributed by atoms with E-state index in [2.05, 4.69) is 31.3 Å². The van der Waals surface area contributed by atoms with Crippen molar-refractivity contribution in [3.63, 3.8) is 0 Å². The van der Waals surface area contributed by atoms with Crippen LogP contribution in [0.1, 0.15) is 25.3 Å². The van der Waals surface area contributed by atoms with Crippen LogP contribution in [0.2, 0.25) is 5.02 Å². The van der Waals surface area contributed by atoms with Crippen LogP contribution in [0.3, 0.4) is 0 Å². The molecule has 0 saturated heterocycles. The molecule has 0 fully saturated rings. The topological polar surface area (TPSA) is 73.1 Å². The van der Waals surface area contributed by atoms with Gasteiger partial charge >= 0.3 is 0 Å². The van der Waals surface area contributed by atoms with Crippen LogP contribution in [0.15, 0.2) is 29.0 Å². The maximum absolute atomic E-state index is 6.15. The van der Waals surface area contributed by atoms with Crippen molar-refractivity contribution in [3.05, 3.63) is 39.6 Å². The molecular weight excluding hydrogens is 344 g/mol. The molecule has 0 radical (unpaired) electrons. The summed E-state index contributed by atoms with van der Waals surface area (Å²) in [6.45, 7) is 4.02. The lowest BCUT2D eigenvalue weighted by atomic mass is 10.1. The quantitative estimate of drug-likeness (QED) is 0.637. The molecule has 0 aliphatic heterocycles. The first kappa shape index (κ1) is 15.0. The number of halogens is 2. The fourth-order valence-corrected chi connectivity index (χ4v) is 2.47. The summed E-state index contributed by atoms with van der Waals surface area (Å²) in [5.74, 6) is 7.12. The highest BCUT2D eigenvalue weighted by atomic mass is 79.9. The molecule has 3 N–H and O–H groups in total. The summed E-state index contributed by atoms with van der Waals surface area (Å²) in [7, 11) is 0. The Morgan fingerprint density at radius 2 is 2.10 bits per heavy atom. The number of hydrogen-bond donors (Lipinski definition) is 2. The third-order valence-electron chi connectivity index (χ3n) is 2.66. The number of anilines is 1. The highest BCUT2D eigenvalue weighted by molar-refractivity contribution is 9.10. The lowest BCUT2D eigenvalue weighted by molar-refractivity contribution is 0.452. The lowest BCUT2D eigenvalue weighted by Gasteiger charge is -2.16. The van der Waals surface area contributed by atoms with E-state index < -0.39 is 0 Å². The predicted octanol–water partition coefficient (Wildman–Crippen LogP) is 4.09. The second kappa shape index (κ2) is 6.39. The molecule has 0 saturated carbocycles. The molecule has 1 heterocycles. The summed E-state index contributed by atoms with van der Waals surface area (Å²) in [6, 6.07) is 5.38. The highest BCUT2D eigenvalue weighted by Crippen LogP contribution is 2.36. The number of ether oxygens (including phenoxy) is 1. The molecule has 2 aromatic rings. The van der Waals surface area contributed by atoms with Crippen LogP contribution in [-0.4, -0.2) is 9.97 Å². The molecule has 7 heteroatoms. The number of aromatic nitrogens is 2. The second-order valence-electron chi connectivity index (χ2n) is 4.42. The molecule has 0 bridgehead atoms. The van der Waals surface area contributed by atoms with Gasteiger partial charge in [0.1, 0.15) is 12.1 Å². The Hall–Kier alpha value is -1.37. The van der Waals surface area contributed by atoms with Crippen molar-refractivity contribution in [3.8, 4) is 11.6 Å². The Morgan fingerprint density at radius 1 is 1.35 bits per heavy atom. The van der Waals surface area contributed by atoms with Gasteiger partial charge in [-0.25, -0.2) is 15.8 Å². The molecule has 1 aromatic heterocycles. The van der Waals surface area contributed by atoms with Gasteiger partial charge in [-0.05, 0) is 24.1 Å². The summed E-state index contributed by atoms with van der Waals surface area (Å²) < 4.78 is 6.68. The lowest BCUT2D eigenvalue weighted by Crippen LogP contribution is -2.13. The van der Waals surface area contributed by atoms with Crippen molar-refractivity contribution in [2.45, 2.75) is 19.8 Å². The molecule has 1 aromatic carbocycles. The number of hydrogen-bond acceptors (Lipinski definition) is 5. The molecule has 0 unspecified atom stereocenters. The molecule has 106 valence electrons. The summed E-state index contributed by atoms with van der Waals surface area (Å²) in [5, 5.41) is 0.495. The first-order chi connectivity index (χ1) is 9.52. The van der Waals surface area contributed by atoms with E-state index in [4.69, 9.17) is 22.2 Å².